The lowest BCUT2D eigenvalue weighted by Crippen LogP contribution is -2.00. The van der Waals surface area contributed by atoms with Crippen LogP contribution in [0, 0.1) is 0 Å². The summed E-state index contributed by atoms with van der Waals surface area (Å²) in [5.74, 6) is -0.275. The van der Waals surface area contributed by atoms with Gasteiger partial charge in [-0.3, -0.25) is 4.89 Å². The maximum Gasteiger partial charge on any atom is 0.409 e. The van der Waals surface area contributed by atoms with Crippen LogP contribution in [0.4, 0.5) is 4.79 Å². The number of para-hydroxylation sites is 1. The van der Waals surface area contributed by atoms with Crippen molar-refractivity contribution in [2.75, 3.05) is 0 Å². The molecule has 1 N–H and O–H groups in total. The van der Waals surface area contributed by atoms with Crippen LogP contribution in [0.25, 0.3) is 0 Å². The Morgan fingerprint density at radius 1 is 0.900 bits per heavy atom. The lowest BCUT2D eigenvalue weighted by atomic mass is 10.2. The van der Waals surface area contributed by atoms with E-state index in [0.717, 1.165) is 0 Å². The van der Waals surface area contributed by atoms with E-state index in [-0.39, 0.29) is 0 Å². The molecule has 0 saturated carbocycles. The first-order valence-electron chi connectivity index (χ1n) is 5.46. The predicted octanol–water partition coefficient (Wildman–Crippen LogP) is 3.74. The fourth-order valence-electron chi connectivity index (χ4n) is 1.21. The van der Waals surface area contributed by atoms with E-state index >= 15 is 0 Å². The quantitative estimate of drug-likeness (QED) is 0.519. The van der Waals surface area contributed by atoms with Crippen LogP contribution in [-0.4, -0.2) is 16.7 Å². The highest BCUT2D eigenvalue weighted by atomic mass is 35.5. The lowest BCUT2D eigenvalue weighted by Gasteiger charge is -1.95. The second-order valence-corrected chi connectivity index (χ2v) is 3.71. The molecule has 0 saturated heterocycles. The Morgan fingerprint density at radius 2 is 1.40 bits per heavy atom. The summed E-state index contributed by atoms with van der Waals surface area (Å²) in [6.45, 7) is 0. The first-order valence-corrected chi connectivity index (χ1v) is 5.84. The minimum atomic E-state index is -0.814. The average Bonchev–Trinajstić information content (AvgIpc) is 2.48. The van der Waals surface area contributed by atoms with E-state index in [4.69, 9.17) is 16.9 Å². The number of rotatable bonds is 2. The van der Waals surface area contributed by atoms with Gasteiger partial charge >= 0.3 is 11.4 Å². The molecule has 2 aromatic carbocycles. The van der Waals surface area contributed by atoms with E-state index in [1.54, 1.807) is 54.6 Å². The molecule has 0 amide bonds. The van der Waals surface area contributed by atoms with Crippen LogP contribution >= 0.6 is 11.6 Å². The molecule has 104 valence electrons. The van der Waals surface area contributed by atoms with Crippen molar-refractivity contribution in [3.05, 3.63) is 66.2 Å². The topological polar surface area (TPSA) is 72.8 Å². The highest BCUT2D eigenvalue weighted by Crippen LogP contribution is 2.09. The molecule has 0 bridgehead atoms. The third-order valence-electron chi connectivity index (χ3n) is 2.03. The fraction of sp³-hybridized carbons (Fsp3) is 0. The normalized spacial score (nSPS) is 8.90. The van der Waals surface area contributed by atoms with Crippen LogP contribution in [0.2, 0.25) is 0 Å². The van der Waals surface area contributed by atoms with Crippen LogP contribution < -0.4 is 4.74 Å². The Morgan fingerprint density at radius 3 is 1.85 bits per heavy atom. The van der Waals surface area contributed by atoms with Gasteiger partial charge in [-0.05, 0) is 24.3 Å². The van der Waals surface area contributed by atoms with E-state index < -0.39 is 11.4 Å². The van der Waals surface area contributed by atoms with Crippen molar-refractivity contribution in [3.8, 4) is 5.75 Å². The Hall–Kier alpha value is -2.37. The number of hydrogen-bond acceptors (Lipinski definition) is 5. The molecule has 0 radical (unpaired) electrons. The van der Waals surface area contributed by atoms with Crippen molar-refractivity contribution in [3.63, 3.8) is 0 Å². The third kappa shape index (κ3) is 5.99. The molecule has 20 heavy (non-hydrogen) atoms. The smallest absolute Gasteiger partial charge is 0.409 e. The second-order valence-electron chi connectivity index (χ2n) is 3.40. The largest absolute Gasteiger partial charge is 0.415 e. The first kappa shape index (κ1) is 15.7. The molecule has 6 heteroatoms. The molecule has 0 heterocycles. The molecule has 2 rings (SSSR count). The van der Waals surface area contributed by atoms with Gasteiger partial charge in [0, 0.05) is 11.6 Å². The number of carbonyl (C=O) groups is 2. The SMILES string of the molecule is O=C(Cl)Oc1ccccc1.O=C(OO)c1ccccc1. The summed E-state index contributed by atoms with van der Waals surface area (Å²) in [5.41, 5.74) is -0.476. The number of halogens is 1. The molecular weight excluding hydrogens is 284 g/mol. The second kappa shape index (κ2) is 8.68. The number of carbonyl (C=O) groups excluding carboxylic acids is 2. The van der Waals surface area contributed by atoms with Gasteiger partial charge in [0.15, 0.2) is 0 Å². The molecule has 0 aromatic heterocycles. The zero-order valence-corrected chi connectivity index (χ0v) is 11.0. The summed E-state index contributed by atoms with van der Waals surface area (Å²) >= 11 is 4.95. The summed E-state index contributed by atoms with van der Waals surface area (Å²) in [7, 11) is 0. The Bertz CT molecular complexity index is 542. The van der Waals surface area contributed by atoms with E-state index in [2.05, 4.69) is 9.62 Å². The predicted molar refractivity (Wildman–Crippen MR) is 72.8 cm³/mol. The maximum absolute atomic E-state index is 10.5. The average molecular weight is 295 g/mol. The van der Waals surface area contributed by atoms with Gasteiger partial charge in [0.2, 0.25) is 0 Å². The Balaban J connectivity index is 0.000000200. The first-order chi connectivity index (χ1) is 9.63. The molecule has 0 aliphatic carbocycles. The number of benzene rings is 2. The summed E-state index contributed by atoms with van der Waals surface area (Å²) < 4.78 is 4.54. The Labute approximate surface area is 120 Å². The highest BCUT2D eigenvalue weighted by molar-refractivity contribution is 6.61. The standard InChI is InChI=1S/C7H5ClO2.C7H6O3/c8-7(9)10-6-4-2-1-3-5-6;8-7(10-9)6-4-2-1-3-5-6/h1-5H;1-5,9H. The summed E-state index contributed by atoms with van der Waals surface area (Å²) in [5, 5.41) is 7.94. The van der Waals surface area contributed by atoms with Crippen LogP contribution in [0.5, 0.6) is 5.75 Å². The van der Waals surface area contributed by atoms with Crippen LogP contribution in [-0.2, 0) is 4.89 Å². The molecule has 0 spiro atoms. The molecule has 0 fully saturated rings. The molecule has 0 aliphatic rings. The fourth-order valence-corrected chi connectivity index (χ4v) is 1.30. The summed E-state index contributed by atoms with van der Waals surface area (Å²) in [6.07, 6.45) is 0. The minimum absolute atomic E-state index is 0.338. The van der Waals surface area contributed by atoms with E-state index in [1.165, 1.54) is 0 Å². The maximum atomic E-state index is 10.5. The molecule has 0 aliphatic heterocycles. The van der Waals surface area contributed by atoms with E-state index in [9.17, 15) is 9.59 Å². The minimum Gasteiger partial charge on any atom is -0.415 e. The van der Waals surface area contributed by atoms with Crippen LogP contribution in [0.15, 0.2) is 60.7 Å². The van der Waals surface area contributed by atoms with Gasteiger partial charge < -0.3 is 4.74 Å². The summed E-state index contributed by atoms with van der Waals surface area (Å²) in [6, 6.07) is 16.9. The molecule has 0 atom stereocenters. The lowest BCUT2D eigenvalue weighted by molar-refractivity contribution is -0.182. The highest BCUT2D eigenvalue weighted by Gasteiger charge is 2.02. The van der Waals surface area contributed by atoms with Crippen LogP contribution in [0.3, 0.4) is 0 Å². The monoisotopic (exact) mass is 294 g/mol. The molecule has 2 aromatic rings. The van der Waals surface area contributed by atoms with Gasteiger partial charge in [0.25, 0.3) is 0 Å². The van der Waals surface area contributed by atoms with Crippen molar-refractivity contribution in [1.29, 1.82) is 0 Å². The van der Waals surface area contributed by atoms with Gasteiger partial charge in [-0.2, -0.15) is 5.26 Å². The van der Waals surface area contributed by atoms with Gasteiger partial charge in [-0.15, -0.1) is 0 Å². The molecule has 5 nitrogen and oxygen atoms in total. The van der Waals surface area contributed by atoms with Crippen molar-refractivity contribution < 1.29 is 24.5 Å². The zero-order chi connectivity index (χ0) is 14.8. The molecular formula is C14H11ClO5. The summed E-state index contributed by atoms with van der Waals surface area (Å²) in [4.78, 5) is 24.2. The van der Waals surface area contributed by atoms with E-state index in [1.807, 2.05) is 6.07 Å². The van der Waals surface area contributed by atoms with Crippen molar-refractivity contribution in [1.82, 2.24) is 0 Å². The number of hydrogen-bond donors (Lipinski definition) is 1. The van der Waals surface area contributed by atoms with Crippen molar-refractivity contribution in [2.45, 2.75) is 0 Å². The number of ether oxygens (including phenoxy) is 1. The van der Waals surface area contributed by atoms with Crippen molar-refractivity contribution >= 4 is 23.0 Å². The van der Waals surface area contributed by atoms with Gasteiger partial charge in [-0.1, -0.05) is 36.4 Å². The van der Waals surface area contributed by atoms with Crippen molar-refractivity contribution in [2.24, 2.45) is 0 Å². The van der Waals surface area contributed by atoms with Gasteiger partial charge in [0.1, 0.15) is 5.75 Å². The Kier molecular flexibility index (Phi) is 6.81. The third-order valence-corrected chi connectivity index (χ3v) is 2.11. The van der Waals surface area contributed by atoms with Gasteiger partial charge in [-0.25, -0.2) is 9.59 Å². The van der Waals surface area contributed by atoms with Gasteiger partial charge in [0.05, 0.1) is 5.56 Å². The molecule has 0 unspecified atom stereocenters. The van der Waals surface area contributed by atoms with E-state index in [0.29, 0.717) is 11.3 Å². The zero-order valence-electron chi connectivity index (χ0n) is 10.2. The van der Waals surface area contributed by atoms with Crippen LogP contribution in [0.1, 0.15) is 10.4 Å².